The fourth-order valence-electron chi connectivity index (χ4n) is 4.16. The number of carbonyl (C=O) groups excluding carboxylic acids is 1. The number of aryl methyl sites for hydroxylation is 1. The summed E-state index contributed by atoms with van der Waals surface area (Å²) in [7, 11) is -3.78. The molecule has 178 valence electrons. The minimum Gasteiger partial charge on any atom is -0.379 e. The van der Waals surface area contributed by atoms with Gasteiger partial charge in [0.25, 0.3) is 5.91 Å². The molecular weight excluding hydrogens is 442 g/mol. The van der Waals surface area contributed by atoms with Crippen LogP contribution in [0, 0.1) is 6.92 Å². The topological polar surface area (TPSA) is 88.2 Å². The van der Waals surface area contributed by atoms with Crippen LogP contribution >= 0.6 is 0 Å². The Kier molecular flexibility index (Phi) is 7.64. The molecule has 2 aliphatic rings. The Morgan fingerprint density at radius 1 is 0.970 bits per heavy atom. The maximum atomic E-state index is 13.5. The third kappa shape index (κ3) is 5.55. The van der Waals surface area contributed by atoms with Crippen molar-refractivity contribution in [2.24, 2.45) is 0 Å². The van der Waals surface area contributed by atoms with Crippen LogP contribution in [0.15, 0.2) is 47.4 Å². The second kappa shape index (κ2) is 10.6. The highest BCUT2D eigenvalue weighted by Gasteiger charge is 2.31. The van der Waals surface area contributed by atoms with Gasteiger partial charge in [0.2, 0.25) is 10.0 Å². The molecule has 4 rings (SSSR count). The number of amides is 1. The Balaban J connectivity index is 1.56. The lowest BCUT2D eigenvalue weighted by molar-refractivity contribution is 0.0730. The SMILES string of the molecule is Cc1ccccc1CCNC(=O)c1ccc(N2CCOCC2)c(S(=O)(=O)N2CCOCC2)c1. The summed E-state index contributed by atoms with van der Waals surface area (Å²) in [6.45, 7) is 6.15. The Hall–Kier alpha value is -2.46. The van der Waals surface area contributed by atoms with Gasteiger partial charge in [0.15, 0.2) is 0 Å². The molecule has 0 atom stereocenters. The van der Waals surface area contributed by atoms with E-state index in [0.29, 0.717) is 76.8 Å². The van der Waals surface area contributed by atoms with Gasteiger partial charge in [0.05, 0.1) is 32.1 Å². The summed E-state index contributed by atoms with van der Waals surface area (Å²) in [5.41, 5.74) is 3.31. The van der Waals surface area contributed by atoms with Gasteiger partial charge in [-0.1, -0.05) is 24.3 Å². The molecule has 2 aromatic carbocycles. The van der Waals surface area contributed by atoms with E-state index in [4.69, 9.17) is 9.47 Å². The summed E-state index contributed by atoms with van der Waals surface area (Å²) in [5.74, 6) is -0.282. The molecule has 2 heterocycles. The fraction of sp³-hybridized carbons (Fsp3) is 0.458. The van der Waals surface area contributed by atoms with E-state index in [1.807, 2.05) is 36.1 Å². The van der Waals surface area contributed by atoms with Crippen LogP contribution in [0.1, 0.15) is 21.5 Å². The van der Waals surface area contributed by atoms with Crippen LogP contribution in [-0.4, -0.2) is 77.8 Å². The lowest BCUT2D eigenvalue weighted by atomic mass is 10.1. The normalized spacial score (nSPS) is 17.7. The summed E-state index contributed by atoms with van der Waals surface area (Å²) in [4.78, 5) is 15.1. The Labute approximate surface area is 195 Å². The van der Waals surface area contributed by atoms with E-state index < -0.39 is 10.0 Å². The van der Waals surface area contributed by atoms with Crippen LogP contribution in [0.3, 0.4) is 0 Å². The lowest BCUT2D eigenvalue weighted by Gasteiger charge is -2.32. The predicted molar refractivity (Wildman–Crippen MR) is 126 cm³/mol. The van der Waals surface area contributed by atoms with E-state index in [0.717, 1.165) is 0 Å². The van der Waals surface area contributed by atoms with Gasteiger partial charge in [-0.3, -0.25) is 4.79 Å². The molecule has 0 aliphatic carbocycles. The van der Waals surface area contributed by atoms with Gasteiger partial charge in [0.1, 0.15) is 4.90 Å². The van der Waals surface area contributed by atoms with Gasteiger partial charge in [-0.25, -0.2) is 8.42 Å². The van der Waals surface area contributed by atoms with Crippen molar-refractivity contribution < 1.29 is 22.7 Å². The molecule has 2 fully saturated rings. The highest BCUT2D eigenvalue weighted by atomic mass is 32.2. The second-order valence-corrected chi connectivity index (χ2v) is 10.1. The number of hydrogen-bond acceptors (Lipinski definition) is 6. The standard InChI is InChI=1S/C24H31N3O5S/c1-19-4-2-3-5-20(19)8-9-25-24(28)21-6-7-22(26-10-14-31-15-11-26)23(18-21)33(29,30)27-12-16-32-17-13-27/h2-7,18H,8-17H2,1H3,(H,25,28). The number of nitrogens with one attached hydrogen (secondary N) is 1. The van der Waals surface area contributed by atoms with E-state index in [-0.39, 0.29) is 10.8 Å². The maximum Gasteiger partial charge on any atom is 0.251 e. The lowest BCUT2D eigenvalue weighted by Crippen LogP contribution is -2.42. The van der Waals surface area contributed by atoms with Crippen molar-refractivity contribution in [3.8, 4) is 0 Å². The molecule has 0 radical (unpaired) electrons. The first kappa shape index (κ1) is 23.7. The van der Waals surface area contributed by atoms with Gasteiger partial charge >= 0.3 is 0 Å². The summed E-state index contributed by atoms with van der Waals surface area (Å²) in [5, 5.41) is 2.93. The van der Waals surface area contributed by atoms with Crippen LogP contribution in [-0.2, 0) is 25.9 Å². The fourth-order valence-corrected chi connectivity index (χ4v) is 5.80. The van der Waals surface area contributed by atoms with Crippen molar-refractivity contribution in [1.29, 1.82) is 0 Å². The van der Waals surface area contributed by atoms with E-state index in [1.165, 1.54) is 21.5 Å². The van der Waals surface area contributed by atoms with Gasteiger partial charge in [-0.15, -0.1) is 0 Å². The van der Waals surface area contributed by atoms with E-state index in [2.05, 4.69) is 5.32 Å². The Bertz CT molecular complexity index is 1080. The van der Waals surface area contributed by atoms with Crippen molar-refractivity contribution in [3.63, 3.8) is 0 Å². The molecule has 2 aliphatic heterocycles. The summed E-state index contributed by atoms with van der Waals surface area (Å²) >= 11 is 0. The van der Waals surface area contributed by atoms with Gasteiger partial charge in [-0.05, 0) is 42.7 Å². The zero-order chi connectivity index (χ0) is 23.3. The number of carbonyl (C=O) groups is 1. The van der Waals surface area contributed by atoms with Crippen molar-refractivity contribution in [2.45, 2.75) is 18.2 Å². The van der Waals surface area contributed by atoms with Crippen LogP contribution in [0.5, 0.6) is 0 Å². The predicted octanol–water partition coefficient (Wildman–Crippen LogP) is 1.83. The minimum atomic E-state index is -3.78. The molecule has 0 saturated carbocycles. The molecule has 0 bridgehead atoms. The number of hydrogen-bond donors (Lipinski definition) is 1. The molecule has 8 nitrogen and oxygen atoms in total. The number of nitrogens with zero attached hydrogens (tertiary/aromatic N) is 2. The number of rotatable bonds is 7. The number of anilines is 1. The van der Waals surface area contributed by atoms with Crippen molar-refractivity contribution in [2.75, 3.05) is 64.1 Å². The highest BCUT2D eigenvalue weighted by molar-refractivity contribution is 7.89. The number of sulfonamides is 1. The minimum absolute atomic E-state index is 0.165. The molecule has 2 aromatic rings. The quantitative estimate of drug-likeness (QED) is 0.660. The molecule has 1 amide bonds. The number of morpholine rings is 2. The molecule has 0 spiro atoms. The maximum absolute atomic E-state index is 13.5. The number of ether oxygens (including phenoxy) is 2. The smallest absolute Gasteiger partial charge is 0.251 e. The van der Waals surface area contributed by atoms with E-state index in [9.17, 15) is 13.2 Å². The van der Waals surface area contributed by atoms with Gasteiger partial charge in [-0.2, -0.15) is 4.31 Å². The molecular formula is C24H31N3O5S. The molecule has 0 unspecified atom stereocenters. The highest BCUT2D eigenvalue weighted by Crippen LogP contribution is 2.30. The summed E-state index contributed by atoms with van der Waals surface area (Å²) < 4.78 is 39.3. The first-order valence-electron chi connectivity index (χ1n) is 11.3. The molecule has 1 N–H and O–H groups in total. The van der Waals surface area contributed by atoms with Crippen LogP contribution < -0.4 is 10.2 Å². The first-order valence-corrected chi connectivity index (χ1v) is 12.8. The van der Waals surface area contributed by atoms with Crippen molar-refractivity contribution in [3.05, 3.63) is 59.2 Å². The molecule has 9 heteroatoms. The molecule has 2 saturated heterocycles. The van der Waals surface area contributed by atoms with E-state index in [1.54, 1.807) is 12.1 Å². The monoisotopic (exact) mass is 473 g/mol. The second-order valence-electron chi connectivity index (χ2n) is 8.23. The van der Waals surface area contributed by atoms with Gasteiger partial charge in [0, 0.05) is 38.3 Å². The van der Waals surface area contributed by atoms with E-state index >= 15 is 0 Å². The average Bonchev–Trinajstić information content (AvgIpc) is 2.86. The first-order chi connectivity index (χ1) is 16.0. The van der Waals surface area contributed by atoms with Gasteiger partial charge < -0.3 is 19.7 Å². The number of benzene rings is 2. The van der Waals surface area contributed by atoms with Crippen LogP contribution in [0.2, 0.25) is 0 Å². The molecule has 0 aromatic heterocycles. The van der Waals surface area contributed by atoms with Crippen LogP contribution in [0.25, 0.3) is 0 Å². The summed E-state index contributed by atoms with van der Waals surface area (Å²) in [6, 6.07) is 13.0. The summed E-state index contributed by atoms with van der Waals surface area (Å²) in [6.07, 6.45) is 0.712. The average molecular weight is 474 g/mol. The third-order valence-electron chi connectivity index (χ3n) is 6.10. The zero-order valence-corrected chi connectivity index (χ0v) is 19.8. The van der Waals surface area contributed by atoms with Crippen molar-refractivity contribution in [1.82, 2.24) is 9.62 Å². The largest absolute Gasteiger partial charge is 0.379 e. The van der Waals surface area contributed by atoms with Crippen LogP contribution in [0.4, 0.5) is 5.69 Å². The Morgan fingerprint density at radius 3 is 2.33 bits per heavy atom. The van der Waals surface area contributed by atoms with Crippen molar-refractivity contribution >= 4 is 21.6 Å². The zero-order valence-electron chi connectivity index (χ0n) is 19.0. The Morgan fingerprint density at radius 2 is 1.64 bits per heavy atom. The third-order valence-corrected chi connectivity index (χ3v) is 8.03. The molecule has 33 heavy (non-hydrogen) atoms.